The molecule has 0 spiro atoms. The molecule has 2 amide bonds. The fraction of sp³-hybridized carbons (Fsp3) is 0.111. The number of nitrogens with two attached hydrogens (primary N) is 1. The largest absolute Gasteiger partial charge is 0.398 e. The zero-order valence-electron chi connectivity index (χ0n) is 8.00. The van der Waals surface area contributed by atoms with Gasteiger partial charge < -0.3 is 16.4 Å². The Balaban J connectivity index is 2.77. The van der Waals surface area contributed by atoms with Gasteiger partial charge in [-0.2, -0.15) is 0 Å². The van der Waals surface area contributed by atoms with Gasteiger partial charge >= 0.3 is 11.8 Å². The van der Waals surface area contributed by atoms with Gasteiger partial charge in [-0.15, -0.1) is 0 Å². The number of nitrogen functional groups attached to an aromatic ring is 1. The first-order valence-corrected chi connectivity index (χ1v) is 4.50. The molecule has 1 aromatic rings. The monoisotopic (exact) mass is 227 g/mol. The normalized spacial score (nSPS) is 9.47. The van der Waals surface area contributed by atoms with Crippen LogP contribution in [0.2, 0.25) is 5.02 Å². The Morgan fingerprint density at radius 3 is 2.53 bits per heavy atom. The maximum Gasteiger partial charge on any atom is 0.313 e. The fourth-order valence-corrected chi connectivity index (χ4v) is 1.09. The molecule has 0 saturated carbocycles. The van der Waals surface area contributed by atoms with Crippen LogP contribution in [-0.4, -0.2) is 18.9 Å². The van der Waals surface area contributed by atoms with Gasteiger partial charge in [0, 0.05) is 12.7 Å². The summed E-state index contributed by atoms with van der Waals surface area (Å²) in [6.07, 6.45) is 0. The standard InChI is InChI=1S/C9H10ClN3O2/c1-12-8(14)9(15)13-5-2-3-7(11)6(10)4-5/h2-4H,11H2,1H3,(H,12,14)(H,13,15). The molecule has 5 nitrogen and oxygen atoms in total. The van der Waals surface area contributed by atoms with Crippen LogP contribution in [0, 0.1) is 0 Å². The minimum absolute atomic E-state index is 0.324. The van der Waals surface area contributed by atoms with Crippen LogP contribution in [0.15, 0.2) is 18.2 Å². The number of rotatable bonds is 1. The highest BCUT2D eigenvalue weighted by Gasteiger charge is 2.11. The molecule has 4 N–H and O–H groups in total. The third-order valence-corrected chi connectivity index (χ3v) is 2.02. The van der Waals surface area contributed by atoms with Crippen molar-refractivity contribution in [1.29, 1.82) is 0 Å². The molecule has 0 fully saturated rings. The second-order valence-corrected chi connectivity index (χ2v) is 3.18. The van der Waals surface area contributed by atoms with Gasteiger partial charge in [0.2, 0.25) is 0 Å². The number of amides is 2. The van der Waals surface area contributed by atoms with E-state index in [-0.39, 0.29) is 0 Å². The third kappa shape index (κ3) is 2.85. The molecule has 6 heteroatoms. The molecule has 0 aliphatic heterocycles. The summed E-state index contributed by atoms with van der Waals surface area (Å²) in [4.78, 5) is 22.0. The van der Waals surface area contributed by atoms with Gasteiger partial charge in [0.05, 0.1) is 10.7 Å². The minimum Gasteiger partial charge on any atom is -0.398 e. The van der Waals surface area contributed by atoms with E-state index in [0.717, 1.165) is 0 Å². The summed E-state index contributed by atoms with van der Waals surface area (Å²) < 4.78 is 0. The number of carbonyl (C=O) groups excluding carboxylic acids is 2. The topological polar surface area (TPSA) is 84.2 Å². The Hall–Kier alpha value is -1.75. The lowest BCUT2D eigenvalue weighted by Crippen LogP contribution is -2.32. The fourth-order valence-electron chi connectivity index (χ4n) is 0.906. The van der Waals surface area contributed by atoms with Crippen molar-refractivity contribution in [2.75, 3.05) is 18.1 Å². The van der Waals surface area contributed by atoms with Gasteiger partial charge in [-0.25, -0.2) is 0 Å². The Labute approximate surface area is 91.6 Å². The highest BCUT2D eigenvalue weighted by atomic mass is 35.5. The highest BCUT2D eigenvalue weighted by Crippen LogP contribution is 2.22. The minimum atomic E-state index is -0.752. The average Bonchev–Trinajstić information content (AvgIpc) is 2.22. The molecule has 15 heavy (non-hydrogen) atoms. The molecular formula is C9H10ClN3O2. The summed E-state index contributed by atoms with van der Waals surface area (Å²) in [6.45, 7) is 0. The van der Waals surface area contributed by atoms with Crippen molar-refractivity contribution in [1.82, 2.24) is 5.32 Å². The first-order valence-electron chi connectivity index (χ1n) is 4.12. The van der Waals surface area contributed by atoms with Gasteiger partial charge in [-0.3, -0.25) is 9.59 Å². The zero-order chi connectivity index (χ0) is 11.4. The lowest BCUT2D eigenvalue weighted by Gasteiger charge is -2.05. The number of likely N-dealkylation sites (N-methyl/N-ethyl adjacent to an activating group) is 1. The molecule has 0 bridgehead atoms. The van der Waals surface area contributed by atoms with E-state index in [1.165, 1.54) is 13.1 Å². The van der Waals surface area contributed by atoms with E-state index in [0.29, 0.717) is 16.4 Å². The van der Waals surface area contributed by atoms with Crippen molar-refractivity contribution < 1.29 is 9.59 Å². The predicted molar refractivity (Wildman–Crippen MR) is 58.6 cm³/mol. The molecular weight excluding hydrogens is 218 g/mol. The molecule has 0 unspecified atom stereocenters. The van der Waals surface area contributed by atoms with E-state index in [9.17, 15) is 9.59 Å². The highest BCUT2D eigenvalue weighted by molar-refractivity contribution is 6.40. The Kier molecular flexibility index (Phi) is 3.51. The molecule has 0 saturated heterocycles. The van der Waals surface area contributed by atoms with Crippen LogP contribution < -0.4 is 16.4 Å². The van der Waals surface area contributed by atoms with E-state index in [1.807, 2.05) is 0 Å². The van der Waals surface area contributed by atoms with Crippen molar-refractivity contribution in [2.45, 2.75) is 0 Å². The molecule has 0 aromatic heterocycles. The quantitative estimate of drug-likeness (QED) is 0.485. The summed E-state index contributed by atoms with van der Waals surface area (Å²) in [6, 6.07) is 4.57. The van der Waals surface area contributed by atoms with Crippen LogP contribution in [-0.2, 0) is 9.59 Å². The number of hydrogen-bond donors (Lipinski definition) is 3. The van der Waals surface area contributed by atoms with Crippen molar-refractivity contribution in [2.24, 2.45) is 0 Å². The van der Waals surface area contributed by atoms with E-state index in [4.69, 9.17) is 17.3 Å². The van der Waals surface area contributed by atoms with Crippen LogP contribution in [0.3, 0.4) is 0 Å². The van der Waals surface area contributed by atoms with Crippen molar-refractivity contribution in [3.8, 4) is 0 Å². The average molecular weight is 228 g/mol. The number of nitrogens with one attached hydrogen (secondary N) is 2. The number of carbonyl (C=O) groups is 2. The van der Waals surface area contributed by atoms with E-state index < -0.39 is 11.8 Å². The maximum absolute atomic E-state index is 11.1. The summed E-state index contributed by atoms with van der Waals surface area (Å²) >= 11 is 5.73. The molecule has 0 aliphatic carbocycles. The van der Waals surface area contributed by atoms with E-state index in [1.54, 1.807) is 12.1 Å². The van der Waals surface area contributed by atoms with Crippen molar-refractivity contribution >= 4 is 34.8 Å². The molecule has 80 valence electrons. The summed E-state index contributed by atoms with van der Waals surface area (Å²) in [5.74, 6) is -1.47. The van der Waals surface area contributed by atoms with Gasteiger partial charge in [-0.1, -0.05) is 11.6 Å². The molecule has 0 radical (unpaired) electrons. The summed E-state index contributed by atoms with van der Waals surface area (Å²) in [7, 11) is 1.37. The van der Waals surface area contributed by atoms with Crippen LogP contribution in [0.1, 0.15) is 0 Å². The molecule has 0 aliphatic rings. The lowest BCUT2D eigenvalue weighted by atomic mass is 10.3. The first-order chi connectivity index (χ1) is 7.04. The third-order valence-electron chi connectivity index (χ3n) is 1.69. The SMILES string of the molecule is CNC(=O)C(=O)Nc1ccc(N)c(Cl)c1. The Morgan fingerprint density at radius 2 is 2.00 bits per heavy atom. The Morgan fingerprint density at radius 1 is 1.33 bits per heavy atom. The molecule has 0 atom stereocenters. The second kappa shape index (κ2) is 4.65. The van der Waals surface area contributed by atoms with Crippen LogP contribution in [0.4, 0.5) is 11.4 Å². The maximum atomic E-state index is 11.1. The van der Waals surface area contributed by atoms with Gasteiger partial charge in [-0.05, 0) is 18.2 Å². The van der Waals surface area contributed by atoms with Crippen LogP contribution >= 0.6 is 11.6 Å². The van der Waals surface area contributed by atoms with Crippen LogP contribution in [0.25, 0.3) is 0 Å². The van der Waals surface area contributed by atoms with Crippen molar-refractivity contribution in [3.05, 3.63) is 23.2 Å². The van der Waals surface area contributed by atoms with Crippen molar-refractivity contribution in [3.63, 3.8) is 0 Å². The summed E-state index contributed by atoms with van der Waals surface area (Å²) in [5.41, 5.74) is 6.31. The van der Waals surface area contributed by atoms with E-state index >= 15 is 0 Å². The molecule has 1 aromatic carbocycles. The number of halogens is 1. The zero-order valence-corrected chi connectivity index (χ0v) is 8.76. The number of benzene rings is 1. The molecule has 0 heterocycles. The van der Waals surface area contributed by atoms with Gasteiger partial charge in [0.1, 0.15) is 0 Å². The lowest BCUT2D eigenvalue weighted by molar-refractivity contribution is -0.135. The number of hydrogen-bond acceptors (Lipinski definition) is 3. The Bertz CT molecular complexity index is 406. The predicted octanol–water partition coefficient (Wildman–Crippen LogP) is 0.607. The summed E-state index contributed by atoms with van der Waals surface area (Å²) in [5, 5.41) is 4.90. The first kappa shape index (κ1) is 11.3. The number of anilines is 2. The van der Waals surface area contributed by atoms with Crippen LogP contribution in [0.5, 0.6) is 0 Å². The van der Waals surface area contributed by atoms with E-state index in [2.05, 4.69) is 10.6 Å². The molecule has 1 rings (SSSR count). The van der Waals surface area contributed by atoms with Gasteiger partial charge in [0.15, 0.2) is 0 Å². The second-order valence-electron chi connectivity index (χ2n) is 2.77. The smallest absolute Gasteiger partial charge is 0.313 e. The van der Waals surface area contributed by atoms with Gasteiger partial charge in [0.25, 0.3) is 0 Å².